The van der Waals surface area contributed by atoms with Crippen LogP contribution in [0.4, 0.5) is 0 Å². The van der Waals surface area contributed by atoms with E-state index in [0.717, 1.165) is 0 Å². The van der Waals surface area contributed by atoms with Crippen molar-refractivity contribution < 1.29 is 29.3 Å². The average molecular weight is 366 g/mol. The van der Waals surface area contributed by atoms with Crippen LogP contribution >= 0.6 is 0 Å². The third kappa shape index (κ3) is 3.18. The predicted octanol–water partition coefficient (Wildman–Crippen LogP) is 1.83. The maximum Gasteiger partial charge on any atom is 0.334 e. The normalized spacial score (nSPS) is 42.2. The van der Waals surface area contributed by atoms with E-state index in [2.05, 4.69) is 6.58 Å². The van der Waals surface area contributed by atoms with Crippen LogP contribution in [0.3, 0.4) is 0 Å². The molecule has 26 heavy (non-hydrogen) atoms. The van der Waals surface area contributed by atoms with Crippen LogP contribution in [0, 0.1) is 29.1 Å². The highest BCUT2D eigenvalue weighted by Gasteiger charge is 2.61. The zero-order chi connectivity index (χ0) is 19.2. The summed E-state index contributed by atoms with van der Waals surface area (Å²) >= 11 is 0. The zero-order valence-electron chi connectivity index (χ0n) is 15.8. The monoisotopic (exact) mass is 366 g/mol. The van der Waals surface area contributed by atoms with Gasteiger partial charge < -0.3 is 19.7 Å². The Balaban J connectivity index is 1.89. The van der Waals surface area contributed by atoms with Crippen LogP contribution in [0.25, 0.3) is 0 Å². The lowest BCUT2D eigenvalue weighted by atomic mass is 9.68. The van der Waals surface area contributed by atoms with Gasteiger partial charge in [0.2, 0.25) is 0 Å². The molecule has 0 spiro atoms. The zero-order valence-corrected chi connectivity index (χ0v) is 15.8. The van der Waals surface area contributed by atoms with Crippen molar-refractivity contribution in [3.05, 3.63) is 12.2 Å². The van der Waals surface area contributed by atoms with Crippen LogP contribution in [0.15, 0.2) is 12.2 Å². The number of rotatable bonds is 4. The van der Waals surface area contributed by atoms with E-state index in [4.69, 9.17) is 9.47 Å². The number of aliphatic hydroxyl groups excluding tert-OH is 2. The van der Waals surface area contributed by atoms with Crippen molar-refractivity contribution in [2.24, 2.45) is 29.1 Å². The Kier molecular flexibility index (Phi) is 5.19. The minimum atomic E-state index is -0.793. The Labute approximate surface area is 154 Å². The first-order valence-electron chi connectivity index (χ1n) is 9.57. The molecule has 0 radical (unpaired) electrons. The number of hydrogen-bond donors (Lipinski definition) is 2. The molecule has 0 unspecified atom stereocenters. The lowest BCUT2D eigenvalue weighted by molar-refractivity contribution is -0.154. The topological polar surface area (TPSA) is 93.1 Å². The first kappa shape index (κ1) is 19.4. The SMILES string of the molecule is C=C1C(=O)O[C@H]2C[C@@H](C)[C@@H]3[C@@H](O)C[C@H](O)[C@@]3(COC(=O)CC(C)C)C[C@H]12. The molecule has 1 heterocycles. The number of carbonyl (C=O) groups is 2. The van der Waals surface area contributed by atoms with Gasteiger partial charge in [0, 0.05) is 29.7 Å². The fourth-order valence-electron chi connectivity index (χ4n) is 5.35. The molecule has 2 saturated carbocycles. The summed E-state index contributed by atoms with van der Waals surface area (Å²) in [6.45, 7) is 9.83. The molecule has 3 fully saturated rings. The van der Waals surface area contributed by atoms with Crippen molar-refractivity contribution in [3.63, 3.8) is 0 Å². The fraction of sp³-hybridized carbons (Fsp3) is 0.800. The minimum absolute atomic E-state index is 0.0275. The molecule has 2 aliphatic carbocycles. The van der Waals surface area contributed by atoms with Gasteiger partial charge in [-0.1, -0.05) is 27.4 Å². The minimum Gasteiger partial charge on any atom is -0.465 e. The van der Waals surface area contributed by atoms with E-state index < -0.39 is 17.6 Å². The Morgan fingerprint density at radius 2 is 2.08 bits per heavy atom. The second-order valence-corrected chi connectivity index (χ2v) is 8.83. The first-order chi connectivity index (χ1) is 12.2. The molecular weight excluding hydrogens is 336 g/mol. The Morgan fingerprint density at radius 1 is 1.38 bits per heavy atom. The third-order valence-corrected chi connectivity index (χ3v) is 6.52. The molecule has 0 aromatic carbocycles. The van der Waals surface area contributed by atoms with E-state index in [-0.39, 0.29) is 54.7 Å². The van der Waals surface area contributed by atoms with Gasteiger partial charge in [0.1, 0.15) is 6.10 Å². The van der Waals surface area contributed by atoms with Gasteiger partial charge in [-0.05, 0) is 30.6 Å². The molecular formula is C20H30O6. The van der Waals surface area contributed by atoms with Gasteiger partial charge in [-0.15, -0.1) is 0 Å². The quantitative estimate of drug-likeness (QED) is 0.582. The first-order valence-corrected chi connectivity index (χ1v) is 9.57. The highest BCUT2D eigenvalue weighted by atomic mass is 16.6. The van der Waals surface area contributed by atoms with Gasteiger partial charge in [0.05, 0.1) is 18.8 Å². The molecule has 2 N–H and O–H groups in total. The highest BCUT2D eigenvalue weighted by molar-refractivity contribution is 5.90. The molecule has 146 valence electrons. The second kappa shape index (κ2) is 6.97. The van der Waals surface area contributed by atoms with E-state index in [9.17, 15) is 19.8 Å². The standard InChI is InChI=1S/C20H30O6/c1-10(2)5-17(23)25-9-20-8-13-12(4)19(24)26-15(13)6-11(3)18(20)14(21)7-16(20)22/h10-11,13-16,18,21-22H,4-9H2,1-3H3/t11-,13-,14+,15+,16+,18-,20+/m1/s1. The Bertz CT molecular complexity index is 599. The second-order valence-electron chi connectivity index (χ2n) is 8.83. The molecule has 0 bridgehead atoms. The maximum absolute atomic E-state index is 12.1. The van der Waals surface area contributed by atoms with Crippen LogP contribution in [0.1, 0.15) is 46.5 Å². The van der Waals surface area contributed by atoms with Crippen molar-refractivity contribution in [1.82, 2.24) is 0 Å². The largest absolute Gasteiger partial charge is 0.465 e. The summed E-state index contributed by atoms with van der Waals surface area (Å²) in [5, 5.41) is 21.5. The maximum atomic E-state index is 12.1. The molecule has 6 heteroatoms. The van der Waals surface area contributed by atoms with Crippen molar-refractivity contribution in [2.75, 3.05) is 6.61 Å². The number of aliphatic hydroxyl groups is 2. The van der Waals surface area contributed by atoms with Gasteiger partial charge in [-0.2, -0.15) is 0 Å². The third-order valence-electron chi connectivity index (χ3n) is 6.52. The van der Waals surface area contributed by atoms with Gasteiger partial charge in [-0.3, -0.25) is 4.79 Å². The molecule has 3 aliphatic rings. The van der Waals surface area contributed by atoms with Crippen molar-refractivity contribution in [2.45, 2.75) is 64.8 Å². The number of carbonyl (C=O) groups excluding carboxylic acids is 2. The molecule has 6 nitrogen and oxygen atoms in total. The van der Waals surface area contributed by atoms with E-state index in [1.807, 2.05) is 20.8 Å². The van der Waals surface area contributed by atoms with Gasteiger partial charge in [0.25, 0.3) is 0 Å². The molecule has 1 aliphatic heterocycles. The van der Waals surface area contributed by atoms with Crippen molar-refractivity contribution >= 4 is 11.9 Å². The summed E-state index contributed by atoms with van der Waals surface area (Å²) in [6.07, 6.45) is -0.107. The summed E-state index contributed by atoms with van der Waals surface area (Å²) in [6, 6.07) is 0. The fourth-order valence-corrected chi connectivity index (χ4v) is 5.35. The lowest BCUT2D eigenvalue weighted by Gasteiger charge is -2.40. The molecule has 3 rings (SSSR count). The summed E-state index contributed by atoms with van der Waals surface area (Å²) in [7, 11) is 0. The van der Waals surface area contributed by atoms with Crippen LogP contribution in [-0.2, 0) is 19.1 Å². The number of esters is 2. The molecule has 7 atom stereocenters. The van der Waals surface area contributed by atoms with E-state index in [1.165, 1.54) is 0 Å². The number of ether oxygens (including phenoxy) is 2. The lowest BCUT2D eigenvalue weighted by Crippen LogP contribution is -2.45. The smallest absolute Gasteiger partial charge is 0.334 e. The molecule has 0 aromatic rings. The Hall–Kier alpha value is -1.40. The van der Waals surface area contributed by atoms with Gasteiger partial charge in [0.15, 0.2) is 0 Å². The van der Waals surface area contributed by atoms with E-state index in [1.54, 1.807) is 0 Å². The van der Waals surface area contributed by atoms with Crippen molar-refractivity contribution in [1.29, 1.82) is 0 Å². The predicted molar refractivity (Wildman–Crippen MR) is 93.9 cm³/mol. The van der Waals surface area contributed by atoms with Crippen LogP contribution < -0.4 is 0 Å². The summed E-state index contributed by atoms with van der Waals surface area (Å²) in [4.78, 5) is 24.1. The highest BCUT2D eigenvalue weighted by Crippen LogP contribution is 2.57. The van der Waals surface area contributed by atoms with Gasteiger partial charge in [-0.25, -0.2) is 4.79 Å². The van der Waals surface area contributed by atoms with E-state index in [0.29, 0.717) is 24.8 Å². The molecule has 1 saturated heterocycles. The van der Waals surface area contributed by atoms with E-state index >= 15 is 0 Å². The van der Waals surface area contributed by atoms with Crippen LogP contribution in [-0.4, -0.2) is 47.1 Å². The number of hydrogen-bond acceptors (Lipinski definition) is 6. The van der Waals surface area contributed by atoms with Crippen molar-refractivity contribution in [3.8, 4) is 0 Å². The Morgan fingerprint density at radius 3 is 2.73 bits per heavy atom. The molecule has 0 aromatic heterocycles. The summed E-state index contributed by atoms with van der Waals surface area (Å²) in [5.41, 5.74) is -0.355. The van der Waals surface area contributed by atoms with Crippen LogP contribution in [0.2, 0.25) is 0 Å². The molecule has 0 amide bonds. The van der Waals surface area contributed by atoms with Gasteiger partial charge >= 0.3 is 11.9 Å². The van der Waals surface area contributed by atoms with Crippen LogP contribution in [0.5, 0.6) is 0 Å². The summed E-state index contributed by atoms with van der Waals surface area (Å²) in [5.74, 6) is -0.883. The number of fused-ring (bicyclic) bond motifs is 2. The average Bonchev–Trinajstić information content (AvgIpc) is 2.87. The summed E-state index contributed by atoms with van der Waals surface area (Å²) < 4.78 is 11.0.